The van der Waals surface area contributed by atoms with E-state index in [0.29, 0.717) is 0 Å². The highest BCUT2D eigenvalue weighted by atomic mass is 15.0. The molecule has 1 aliphatic rings. The molecule has 1 aromatic carbocycles. The van der Waals surface area contributed by atoms with Gasteiger partial charge in [0.15, 0.2) is 0 Å². The Labute approximate surface area is 99.3 Å². The maximum absolute atomic E-state index is 3.69. The van der Waals surface area contributed by atoms with Crippen LogP contribution >= 0.6 is 0 Å². The Hall–Kier alpha value is -0.820. The molecule has 1 saturated carbocycles. The molecule has 3 unspecified atom stereocenters. The molecular formula is C15H23N. The number of rotatable bonds is 6. The van der Waals surface area contributed by atoms with Crippen molar-refractivity contribution in [1.82, 2.24) is 5.32 Å². The van der Waals surface area contributed by atoms with Crippen LogP contribution in [0, 0.1) is 5.92 Å². The molecule has 1 nitrogen and oxygen atoms in total. The van der Waals surface area contributed by atoms with Gasteiger partial charge in [0.05, 0.1) is 0 Å². The van der Waals surface area contributed by atoms with E-state index in [9.17, 15) is 0 Å². The van der Waals surface area contributed by atoms with Crippen LogP contribution in [0.5, 0.6) is 0 Å². The summed E-state index contributed by atoms with van der Waals surface area (Å²) in [5.41, 5.74) is 1.50. The lowest BCUT2D eigenvalue weighted by Crippen LogP contribution is -2.24. The zero-order chi connectivity index (χ0) is 11.4. The summed E-state index contributed by atoms with van der Waals surface area (Å²) in [6.07, 6.45) is 3.97. The molecule has 2 rings (SSSR count). The fourth-order valence-corrected chi connectivity index (χ4v) is 2.44. The molecular weight excluding hydrogens is 194 g/mol. The van der Waals surface area contributed by atoms with Gasteiger partial charge in [-0.1, -0.05) is 50.6 Å². The highest BCUT2D eigenvalue weighted by Gasteiger charge is 2.37. The number of hydrogen-bond acceptors (Lipinski definition) is 1. The molecule has 0 heterocycles. The minimum Gasteiger partial charge on any atom is -0.313 e. The lowest BCUT2D eigenvalue weighted by molar-refractivity contribution is 0.472. The predicted molar refractivity (Wildman–Crippen MR) is 69.7 cm³/mol. The third kappa shape index (κ3) is 3.08. The van der Waals surface area contributed by atoms with Gasteiger partial charge in [-0.3, -0.25) is 0 Å². The third-order valence-electron chi connectivity index (χ3n) is 3.53. The van der Waals surface area contributed by atoms with Crippen LogP contribution in [0.2, 0.25) is 0 Å². The van der Waals surface area contributed by atoms with E-state index in [1.807, 2.05) is 0 Å². The van der Waals surface area contributed by atoms with E-state index in [0.717, 1.165) is 17.9 Å². The normalized spacial score (nSPS) is 25.4. The molecule has 0 bridgehead atoms. The molecule has 1 fully saturated rings. The predicted octanol–water partition coefficient (Wildman–Crippen LogP) is 3.57. The maximum atomic E-state index is 3.69. The first-order valence-corrected chi connectivity index (χ1v) is 6.59. The van der Waals surface area contributed by atoms with E-state index in [2.05, 4.69) is 49.5 Å². The maximum Gasteiger partial charge on any atom is 0.0143 e. The largest absolute Gasteiger partial charge is 0.313 e. The zero-order valence-electron chi connectivity index (χ0n) is 10.4. The summed E-state index contributed by atoms with van der Waals surface area (Å²) in [6.45, 7) is 5.79. The van der Waals surface area contributed by atoms with E-state index in [1.54, 1.807) is 0 Å². The Bertz CT molecular complexity index is 306. The molecule has 0 radical (unpaired) electrons. The molecule has 1 aromatic rings. The third-order valence-corrected chi connectivity index (χ3v) is 3.53. The van der Waals surface area contributed by atoms with Crippen molar-refractivity contribution in [3.63, 3.8) is 0 Å². The van der Waals surface area contributed by atoms with Gasteiger partial charge in [-0.15, -0.1) is 0 Å². The van der Waals surface area contributed by atoms with E-state index in [1.165, 1.54) is 31.4 Å². The van der Waals surface area contributed by atoms with E-state index >= 15 is 0 Å². The average Bonchev–Trinajstić information content (AvgIpc) is 3.07. The Kier molecular flexibility index (Phi) is 4.00. The Morgan fingerprint density at radius 2 is 2.06 bits per heavy atom. The molecule has 0 spiro atoms. The molecule has 16 heavy (non-hydrogen) atoms. The van der Waals surface area contributed by atoms with Crippen molar-refractivity contribution in [3.8, 4) is 0 Å². The quantitative estimate of drug-likeness (QED) is 0.768. The summed E-state index contributed by atoms with van der Waals surface area (Å²) in [5, 5.41) is 3.69. The van der Waals surface area contributed by atoms with Crippen LogP contribution in [0.4, 0.5) is 0 Å². The molecule has 1 heteroatoms. The van der Waals surface area contributed by atoms with Crippen molar-refractivity contribution in [2.45, 2.75) is 45.1 Å². The van der Waals surface area contributed by atoms with Gasteiger partial charge in [-0.05, 0) is 30.9 Å². The molecule has 0 aromatic heterocycles. The second-order valence-corrected chi connectivity index (χ2v) is 5.16. The van der Waals surface area contributed by atoms with Crippen molar-refractivity contribution < 1.29 is 0 Å². The van der Waals surface area contributed by atoms with Gasteiger partial charge >= 0.3 is 0 Å². The van der Waals surface area contributed by atoms with Crippen LogP contribution in [0.3, 0.4) is 0 Å². The van der Waals surface area contributed by atoms with Crippen LogP contribution in [0.25, 0.3) is 0 Å². The van der Waals surface area contributed by atoms with Crippen LogP contribution < -0.4 is 5.32 Å². The molecule has 0 saturated heterocycles. The van der Waals surface area contributed by atoms with Crippen molar-refractivity contribution in [1.29, 1.82) is 0 Å². The lowest BCUT2D eigenvalue weighted by Gasteiger charge is -2.11. The van der Waals surface area contributed by atoms with Crippen molar-refractivity contribution in [2.24, 2.45) is 5.92 Å². The van der Waals surface area contributed by atoms with Gasteiger partial charge in [0, 0.05) is 12.0 Å². The smallest absolute Gasteiger partial charge is 0.0143 e. The minimum absolute atomic E-state index is 0.738. The zero-order valence-corrected chi connectivity index (χ0v) is 10.4. The van der Waals surface area contributed by atoms with Gasteiger partial charge in [0.1, 0.15) is 0 Å². The van der Waals surface area contributed by atoms with Gasteiger partial charge in [0.2, 0.25) is 0 Å². The number of nitrogens with one attached hydrogen (secondary N) is 1. The molecule has 0 aliphatic heterocycles. The van der Waals surface area contributed by atoms with Crippen LogP contribution in [0.1, 0.15) is 44.6 Å². The highest BCUT2D eigenvalue weighted by molar-refractivity contribution is 5.27. The summed E-state index contributed by atoms with van der Waals surface area (Å²) in [4.78, 5) is 0. The van der Waals surface area contributed by atoms with Gasteiger partial charge in [0.25, 0.3) is 0 Å². The first kappa shape index (κ1) is 11.7. The molecule has 1 aliphatic carbocycles. The van der Waals surface area contributed by atoms with Crippen LogP contribution in [-0.2, 0) is 0 Å². The standard InChI is InChI=1S/C15H23N/c1-3-7-12(2)11-16-15-10-14(15)13-8-5-4-6-9-13/h4-6,8-9,12,14-16H,3,7,10-11H2,1-2H3. The average molecular weight is 217 g/mol. The summed E-state index contributed by atoms with van der Waals surface area (Å²) >= 11 is 0. The van der Waals surface area contributed by atoms with Crippen LogP contribution in [-0.4, -0.2) is 12.6 Å². The fourth-order valence-electron chi connectivity index (χ4n) is 2.44. The van der Waals surface area contributed by atoms with Crippen LogP contribution in [0.15, 0.2) is 30.3 Å². The molecule has 1 N–H and O–H groups in total. The van der Waals surface area contributed by atoms with E-state index in [4.69, 9.17) is 0 Å². The molecule has 88 valence electrons. The first-order chi connectivity index (χ1) is 7.81. The van der Waals surface area contributed by atoms with E-state index < -0.39 is 0 Å². The van der Waals surface area contributed by atoms with E-state index in [-0.39, 0.29) is 0 Å². The van der Waals surface area contributed by atoms with Gasteiger partial charge in [-0.2, -0.15) is 0 Å². The second kappa shape index (κ2) is 5.49. The lowest BCUT2D eigenvalue weighted by atomic mass is 10.1. The summed E-state index contributed by atoms with van der Waals surface area (Å²) in [6, 6.07) is 11.6. The van der Waals surface area contributed by atoms with Crippen molar-refractivity contribution in [2.75, 3.05) is 6.54 Å². The first-order valence-electron chi connectivity index (χ1n) is 6.59. The summed E-state index contributed by atoms with van der Waals surface area (Å²) in [5.74, 6) is 1.59. The fraction of sp³-hybridized carbons (Fsp3) is 0.600. The Morgan fingerprint density at radius 3 is 2.75 bits per heavy atom. The monoisotopic (exact) mass is 217 g/mol. The minimum atomic E-state index is 0.738. The van der Waals surface area contributed by atoms with Crippen molar-refractivity contribution >= 4 is 0 Å². The summed E-state index contributed by atoms with van der Waals surface area (Å²) in [7, 11) is 0. The Morgan fingerprint density at radius 1 is 1.31 bits per heavy atom. The number of hydrogen-bond donors (Lipinski definition) is 1. The highest BCUT2D eigenvalue weighted by Crippen LogP contribution is 2.40. The van der Waals surface area contributed by atoms with Gasteiger partial charge in [-0.25, -0.2) is 0 Å². The second-order valence-electron chi connectivity index (χ2n) is 5.16. The summed E-state index contributed by atoms with van der Waals surface area (Å²) < 4.78 is 0. The molecule has 3 atom stereocenters. The van der Waals surface area contributed by atoms with Crippen molar-refractivity contribution in [3.05, 3.63) is 35.9 Å². The Balaban J connectivity index is 1.72. The molecule has 0 amide bonds. The topological polar surface area (TPSA) is 12.0 Å². The SMILES string of the molecule is CCCC(C)CNC1CC1c1ccccc1. The van der Waals surface area contributed by atoms with Gasteiger partial charge < -0.3 is 5.32 Å². The number of benzene rings is 1.